The third-order valence-electron chi connectivity index (χ3n) is 5.86. The second-order valence-corrected chi connectivity index (χ2v) is 9.96. The molecule has 0 saturated carbocycles. The van der Waals surface area contributed by atoms with Gasteiger partial charge in [0.25, 0.3) is 0 Å². The number of imidazole rings is 1. The van der Waals surface area contributed by atoms with Crippen molar-refractivity contribution in [1.82, 2.24) is 19.6 Å². The van der Waals surface area contributed by atoms with Gasteiger partial charge in [0.05, 0.1) is 10.6 Å². The number of nitrogens with one attached hydrogen (secondary N) is 2. The number of aryl methyl sites for hydroxylation is 3. The Balaban J connectivity index is 1.27. The van der Waals surface area contributed by atoms with Gasteiger partial charge in [-0.15, -0.1) is 0 Å². The topological polar surface area (TPSA) is 93.1 Å². The van der Waals surface area contributed by atoms with Crippen molar-refractivity contribution in [3.05, 3.63) is 77.1 Å². The van der Waals surface area contributed by atoms with E-state index in [1.54, 1.807) is 48.1 Å². The zero-order valence-corrected chi connectivity index (χ0v) is 19.3. The van der Waals surface area contributed by atoms with Crippen LogP contribution in [0.15, 0.2) is 53.7 Å². The van der Waals surface area contributed by atoms with E-state index in [1.807, 2.05) is 6.07 Å². The lowest BCUT2D eigenvalue weighted by molar-refractivity contribution is -0.121. The van der Waals surface area contributed by atoms with E-state index < -0.39 is 15.8 Å². The molecule has 0 bridgehead atoms. The first kappa shape index (κ1) is 23.1. The quantitative estimate of drug-likeness (QED) is 0.529. The Kier molecular flexibility index (Phi) is 6.90. The van der Waals surface area contributed by atoms with Crippen LogP contribution >= 0.6 is 0 Å². The molecule has 1 amide bonds. The molecule has 0 radical (unpaired) electrons. The number of rotatable bonds is 8. The highest BCUT2D eigenvalue weighted by atomic mass is 32.2. The highest BCUT2D eigenvalue weighted by molar-refractivity contribution is 7.89. The van der Waals surface area contributed by atoms with Crippen molar-refractivity contribution in [1.29, 1.82) is 0 Å². The number of sulfonamides is 1. The van der Waals surface area contributed by atoms with Crippen LogP contribution in [0.1, 0.15) is 41.8 Å². The normalized spacial score (nSPS) is 13.5. The fourth-order valence-electron chi connectivity index (χ4n) is 4.04. The number of amides is 1. The third kappa shape index (κ3) is 5.48. The number of fused-ring (bicyclic) bond motifs is 1. The van der Waals surface area contributed by atoms with E-state index in [4.69, 9.17) is 0 Å². The fourth-order valence-corrected chi connectivity index (χ4v) is 5.12. The summed E-state index contributed by atoms with van der Waals surface area (Å²) in [6.45, 7) is 1.92. The van der Waals surface area contributed by atoms with Crippen LogP contribution < -0.4 is 10.0 Å². The van der Waals surface area contributed by atoms with Crippen LogP contribution in [0.3, 0.4) is 0 Å². The number of carbonyl (C=O) groups excluding carboxylic acids is 1. The van der Waals surface area contributed by atoms with Crippen LogP contribution in [0.25, 0.3) is 5.69 Å². The maximum Gasteiger partial charge on any atom is 0.240 e. The van der Waals surface area contributed by atoms with E-state index in [1.165, 1.54) is 11.6 Å². The van der Waals surface area contributed by atoms with E-state index in [0.717, 1.165) is 31.2 Å². The Labute approximate surface area is 193 Å². The summed E-state index contributed by atoms with van der Waals surface area (Å²) >= 11 is 0. The average molecular weight is 471 g/mol. The first-order valence-electron chi connectivity index (χ1n) is 11.0. The maximum atomic E-state index is 14.5. The third-order valence-corrected chi connectivity index (χ3v) is 7.32. The molecule has 0 fully saturated rings. The molecule has 0 atom stereocenters. The average Bonchev–Trinajstić information content (AvgIpc) is 3.22. The Morgan fingerprint density at radius 1 is 1.12 bits per heavy atom. The molecule has 9 heteroatoms. The second-order valence-electron chi connectivity index (χ2n) is 8.19. The number of benzene rings is 2. The molecule has 174 valence electrons. The van der Waals surface area contributed by atoms with Crippen LogP contribution in [0.2, 0.25) is 0 Å². The van der Waals surface area contributed by atoms with Gasteiger partial charge < -0.3 is 9.88 Å². The van der Waals surface area contributed by atoms with Crippen LogP contribution in [0.4, 0.5) is 4.39 Å². The molecule has 3 aromatic rings. The summed E-state index contributed by atoms with van der Waals surface area (Å²) in [5.41, 5.74) is 3.29. The molecule has 2 aromatic carbocycles. The monoisotopic (exact) mass is 470 g/mol. The number of hydrogen-bond donors (Lipinski definition) is 2. The fraction of sp³-hybridized carbons (Fsp3) is 0.333. The van der Waals surface area contributed by atoms with Crippen LogP contribution in [-0.2, 0) is 34.2 Å². The molecule has 2 N–H and O–H groups in total. The van der Waals surface area contributed by atoms with Crippen LogP contribution in [0, 0.1) is 12.7 Å². The van der Waals surface area contributed by atoms with Crippen molar-refractivity contribution in [2.45, 2.75) is 50.5 Å². The number of carbonyl (C=O) groups is 1. The van der Waals surface area contributed by atoms with Crippen LogP contribution in [-0.4, -0.2) is 30.4 Å². The summed E-state index contributed by atoms with van der Waals surface area (Å²) < 4.78 is 43.8. The summed E-state index contributed by atoms with van der Waals surface area (Å²) in [5.74, 6) is -0.0634. The Bertz CT molecular complexity index is 1270. The smallest absolute Gasteiger partial charge is 0.240 e. The molecule has 33 heavy (non-hydrogen) atoms. The van der Waals surface area contributed by atoms with Crippen molar-refractivity contribution < 1.29 is 17.6 Å². The van der Waals surface area contributed by atoms with E-state index >= 15 is 0 Å². The summed E-state index contributed by atoms with van der Waals surface area (Å²) in [4.78, 5) is 16.5. The van der Waals surface area contributed by atoms with Gasteiger partial charge in [-0.1, -0.05) is 12.1 Å². The van der Waals surface area contributed by atoms with Crippen molar-refractivity contribution in [3.63, 3.8) is 0 Å². The number of halogens is 1. The summed E-state index contributed by atoms with van der Waals surface area (Å²) in [6.07, 6.45) is 7.35. The lowest BCUT2D eigenvalue weighted by Crippen LogP contribution is -2.30. The first-order chi connectivity index (χ1) is 15.8. The maximum absolute atomic E-state index is 14.5. The van der Waals surface area contributed by atoms with E-state index in [-0.39, 0.29) is 30.3 Å². The summed E-state index contributed by atoms with van der Waals surface area (Å²) in [5, 5.41) is 2.70. The lowest BCUT2D eigenvalue weighted by atomic mass is 9.92. The molecule has 0 unspecified atom stereocenters. The Hall–Kier alpha value is -3.04. The molecule has 1 aliphatic rings. The van der Waals surface area contributed by atoms with Crippen molar-refractivity contribution in [2.24, 2.45) is 0 Å². The molecule has 0 spiro atoms. The number of nitrogens with zero attached hydrogens (tertiary/aromatic N) is 2. The van der Waals surface area contributed by atoms with E-state index in [2.05, 4.69) is 15.0 Å². The number of hydrogen-bond acceptors (Lipinski definition) is 4. The number of aromatic nitrogens is 2. The summed E-state index contributed by atoms with van der Waals surface area (Å²) in [7, 11) is -3.68. The van der Waals surface area contributed by atoms with Gasteiger partial charge >= 0.3 is 0 Å². The molecule has 1 aliphatic carbocycles. The van der Waals surface area contributed by atoms with Gasteiger partial charge in [-0.25, -0.2) is 22.5 Å². The van der Waals surface area contributed by atoms with Gasteiger partial charge in [0, 0.05) is 31.9 Å². The van der Waals surface area contributed by atoms with E-state index in [0.29, 0.717) is 17.1 Å². The van der Waals surface area contributed by atoms with Crippen molar-refractivity contribution in [3.8, 4) is 5.69 Å². The summed E-state index contributed by atoms with van der Waals surface area (Å²) in [6, 6.07) is 9.98. The lowest BCUT2D eigenvalue weighted by Gasteiger charge is -2.16. The first-order valence-corrected chi connectivity index (χ1v) is 12.5. The standard InChI is InChI=1S/C24H27FN4O3S/c1-17-26-12-13-29(17)23-9-6-18(14-22(23)25)16-27-24(30)10-11-28-33(31,32)21-8-7-19-4-2-3-5-20(19)15-21/h6-9,12-15,28H,2-5,10-11,16H2,1H3,(H,27,30). The molecular formula is C24H27FN4O3S. The highest BCUT2D eigenvalue weighted by Gasteiger charge is 2.18. The molecule has 0 aliphatic heterocycles. The van der Waals surface area contributed by atoms with Gasteiger partial charge in [-0.3, -0.25) is 4.79 Å². The predicted molar refractivity (Wildman–Crippen MR) is 123 cm³/mol. The minimum Gasteiger partial charge on any atom is -0.352 e. The molecule has 0 saturated heterocycles. The Morgan fingerprint density at radius 2 is 1.91 bits per heavy atom. The molecular weight excluding hydrogens is 443 g/mol. The minimum absolute atomic E-state index is 0.0149. The highest BCUT2D eigenvalue weighted by Crippen LogP contribution is 2.24. The predicted octanol–water partition coefficient (Wildman–Crippen LogP) is 3.18. The van der Waals surface area contributed by atoms with Crippen molar-refractivity contribution >= 4 is 15.9 Å². The Morgan fingerprint density at radius 3 is 2.64 bits per heavy atom. The van der Waals surface area contributed by atoms with Gasteiger partial charge in [-0.2, -0.15) is 0 Å². The van der Waals surface area contributed by atoms with Gasteiger partial charge in [-0.05, 0) is 73.6 Å². The molecule has 7 nitrogen and oxygen atoms in total. The van der Waals surface area contributed by atoms with Gasteiger partial charge in [0.15, 0.2) is 0 Å². The molecule has 1 heterocycles. The van der Waals surface area contributed by atoms with Crippen molar-refractivity contribution in [2.75, 3.05) is 6.54 Å². The zero-order valence-electron chi connectivity index (χ0n) is 18.5. The zero-order chi connectivity index (χ0) is 23.4. The SMILES string of the molecule is Cc1nccn1-c1ccc(CNC(=O)CCNS(=O)(=O)c2ccc3c(c2)CCCC3)cc1F. The largest absolute Gasteiger partial charge is 0.352 e. The molecule has 4 rings (SSSR count). The molecule has 1 aromatic heterocycles. The second kappa shape index (κ2) is 9.84. The van der Waals surface area contributed by atoms with Gasteiger partial charge in [0.2, 0.25) is 15.9 Å². The van der Waals surface area contributed by atoms with E-state index in [9.17, 15) is 17.6 Å². The minimum atomic E-state index is -3.68. The van der Waals surface area contributed by atoms with Crippen LogP contribution in [0.5, 0.6) is 0 Å². The van der Waals surface area contributed by atoms with Gasteiger partial charge in [0.1, 0.15) is 11.6 Å².